The third-order valence-electron chi connectivity index (χ3n) is 4.23. The van der Waals surface area contributed by atoms with Crippen LogP contribution in [0.2, 0.25) is 0 Å². The average Bonchev–Trinajstić information content (AvgIpc) is 3.01. The molecule has 4 atom stereocenters. The fourth-order valence-electron chi connectivity index (χ4n) is 2.88. The standard InChI is InChI=1S/C21H20O8/c1-13(22)27-18-17(29-20(24)15-10-6-3-7-11-15)16(28-21(18)25)12-26-19(23)14-8-4-2-5-9-14/h2-11,16-18,21,25H,12H2,1H3/t16-,17?,18?,21-/m0/s1. The average molecular weight is 400 g/mol. The smallest absolute Gasteiger partial charge is 0.338 e. The first-order valence-corrected chi connectivity index (χ1v) is 8.94. The van der Waals surface area contributed by atoms with Gasteiger partial charge in [0.1, 0.15) is 12.7 Å². The first-order valence-electron chi connectivity index (χ1n) is 8.94. The van der Waals surface area contributed by atoms with E-state index in [1.807, 2.05) is 0 Å². The molecule has 1 saturated heterocycles. The van der Waals surface area contributed by atoms with E-state index in [-0.39, 0.29) is 12.2 Å². The molecular formula is C21H20O8. The van der Waals surface area contributed by atoms with Crippen LogP contribution in [0.5, 0.6) is 0 Å². The molecule has 0 saturated carbocycles. The van der Waals surface area contributed by atoms with Gasteiger partial charge in [-0.3, -0.25) is 4.79 Å². The Labute approximate surface area is 167 Å². The largest absolute Gasteiger partial charge is 0.459 e. The Bertz CT molecular complexity index is 851. The van der Waals surface area contributed by atoms with Crippen LogP contribution in [-0.4, -0.2) is 54.2 Å². The van der Waals surface area contributed by atoms with Crippen LogP contribution in [0, 0.1) is 0 Å². The summed E-state index contributed by atoms with van der Waals surface area (Å²) in [5.41, 5.74) is 0.607. The van der Waals surface area contributed by atoms with Crippen molar-refractivity contribution in [2.45, 2.75) is 31.5 Å². The minimum atomic E-state index is -1.53. The van der Waals surface area contributed by atoms with E-state index in [4.69, 9.17) is 18.9 Å². The number of rotatable bonds is 6. The van der Waals surface area contributed by atoms with E-state index in [1.54, 1.807) is 60.7 Å². The Morgan fingerprint density at radius 3 is 1.97 bits per heavy atom. The molecule has 1 aliphatic rings. The molecule has 0 aromatic heterocycles. The molecular weight excluding hydrogens is 380 g/mol. The monoisotopic (exact) mass is 400 g/mol. The van der Waals surface area contributed by atoms with Crippen molar-refractivity contribution in [1.29, 1.82) is 0 Å². The molecule has 8 nitrogen and oxygen atoms in total. The normalized spacial score (nSPS) is 23.2. The van der Waals surface area contributed by atoms with Gasteiger partial charge in [-0.15, -0.1) is 0 Å². The fraction of sp³-hybridized carbons (Fsp3) is 0.286. The lowest BCUT2D eigenvalue weighted by atomic mass is 10.1. The van der Waals surface area contributed by atoms with Crippen molar-refractivity contribution in [2.24, 2.45) is 0 Å². The molecule has 29 heavy (non-hydrogen) atoms. The number of ether oxygens (including phenoxy) is 4. The lowest BCUT2D eigenvalue weighted by Gasteiger charge is -2.22. The number of hydrogen-bond donors (Lipinski definition) is 1. The highest BCUT2D eigenvalue weighted by Gasteiger charge is 2.49. The van der Waals surface area contributed by atoms with Crippen LogP contribution >= 0.6 is 0 Å². The van der Waals surface area contributed by atoms with Crippen LogP contribution in [0.4, 0.5) is 0 Å². The maximum atomic E-state index is 12.4. The molecule has 0 aliphatic carbocycles. The SMILES string of the molecule is CC(=O)OC1C(OC(=O)c2ccccc2)[C@H](COC(=O)c2ccccc2)O[C@@H]1O. The summed E-state index contributed by atoms with van der Waals surface area (Å²) >= 11 is 0. The molecule has 0 spiro atoms. The van der Waals surface area contributed by atoms with Gasteiger partial charge in [0, 0.05) is 6.92 Å². The molecule has 2 aromatic carbocycles. The molecule has 1 N–H and O–H groups in total. The highest BCUT2D eigenvalue weighted by atomic mass is 16.7. The molecule has 152 valence electrons. The number of benzene rings is 2. The van der Waals surface area contributed by atoms with Crippen LogP contribution in [-0.2, 0) is 23.7 Å². The maximum Gasteiger partial charge on any atom is 0.338 e. The summed E-state index contributed by atoms with van der Waals surface area (Å²) in [5.74, 6) is -1.97. The van der Waals surface area contributed by atoms with Crippen molar-refractivity contribution >= 4 is 17.9 Å². The van der Waals surface area contributed by atoms with Crippen LogP contribution in [0.25, 0.3) is 0 Å². The first kappa shape index (κ1) is 20.5. The lowest BCUT2D eigenvalue weighted by molar-refractivity contribution is -0.170. The van der Waals surface area contributed by atoms with E-state index in [1.165, 1.54) is 0 Å². The number of esters is 3. The van der Waals surface area contributed by atoms with Gasteiger partial charge in [-0.2, -0.15) is 0 Å². The zero-order valence-electron chi connectivity index (χ0n) is 15.6. The number of carbonyl (C=O) groups is 3. The first-order chi connectivity index (χ1) is 14.0. The summed E-state index contributed by atoms with van der Waals surface area (Å²) in [4.78, 5) is 36.0. The minimum absolute atomic E-state index is 0.274. The van der Waals surface area contributed by atoms with Gasteiger partial charge in [0.25, 0.3) is 0 Å². The zero-order valence-corrected chi connectivity index (χ0v) is 15.6. The highest BCUT2D eigenvalue weighted by Crippen LogP contribution is 2.27. The van der Waals surface area contributed by atoms with Gasteiger partial charge >= 0.3 is 17.9 Å². The summed E-state index contributed by atoms with van der Waals surface area (Å²) in [6.07, 6.45) is -4.96. The Hall–Kier alpha value is -3.23. The topological polar surface area (TPSA) is 108 Å². The summed E-state index contributed by atoms with van der Waals surface area (Å²) in [7, 11) is 0. The second-order valence-electron chi connectivity index (χ2n) is 6.34. The minimum Gasteiger partial charge on any atom is -0.459 e. The fourth-order valence-corrected chi connectivity index (χ4v) is 2.88. The summed E-state index contributed by atoms with van der Waals surface area (Å²) < 4.78 is 21.1. The van der Waals surface area contributed by atoms with E-state index in [0.29, 0.717) is 5.56 Å². The predicted octanol–water partition coefficient (Wildman–Crippen LogP) is 1.72. The van der Waals surface area contributed by atoms with Crippen molar-refractivity contribution in [1.82, 2.24) is 0 Å². The van der Waals surface area contributed by atoms with Crippen molar-refractivity contribution in [3.8, 4) is 0 Å². The number of hydrogen-bond acceptors (Lipinski definition) is 8. The molecule has 2 aromatic rings. The molecule has 2 unspecified atom stereocenters. The van der Waals surface area contributed by atoms with E-state index in [2.05, 4.69) is 0 Å². The van der Waals surface area contributed by atoms with E-state index >= 15 is 0 Å². The molecule has 1 heterocycles. The van der Waals surface area contributed by atoms with Crippen LogP contribution in [0.15, 0.2) is 60.7 Å². The Balaban J connectivity index is 1.72. The van der Waals surface area contributed by atoms with E-state index < -0.39 is 42.5 Å². The van der Waals surface area contributed by atoms with Gasteiger partial charge in [0.05, 0.1) is 11.1 Å². The van der Waals surface area contributed by atoms with Gasteiger partial charge < -0.3 is 24.1 Å². The summed E-state index contributed by atoms with van der Waals surface area (Å²) in [6.45, 7) is 0.848. The highest BCUT2D eigenvalue weighted by molar-refractivity contribution is 5.90. The quantitative estimate of drug-likeness (QED) is 0.577. The molecule has 0 bridgehead atoms. The maximum absolute atomic E-state index is 12.4. The predicted molar refractivity (Wildman–Crippen MR) is 98.8 cm³/mol. The second-order valence-corrected chi connectivity index (χ2v) is 6.34. The third kappa shape index (κ3) is 5.18. The van der Waals surface area contributed by atoms with Crippen LogP contribution < -0.4 is 0 Å². The van der Waals surface area contributed by atoms with Crippen LogP contribution in [0.3, 0.4) is 0 Å². The van der Waals surface area contributed by atoms with Gasteiger partial charge in [0.2, 0.25) is 0 Å². The Morgan fingerprint density at radius 1 is 0.862 bits per heavy atom. The molecule has 1 fully saturated rings. The zero-order chi connectivity index (χ0) is 20.8. The molecule has 0 radical (unpaired) electrons. The van der Waals surface area contributed by atoms with Gasteiger partial charge in [-0.25, -0.2) is 9.59 Å². The molecule has 1 aliphatic heterocycles. The van der Waals surface area contributed by atoms with Crippen molar-refractivity contribution in [3.05, 3.63) is 71.8 Å². The second kappa shape index (κ2) is 9.31. The van der Waals surface area contributed by atoms with Gasteiger partial charge in [0.15, 0.2) is 18.5 Å². The number of aliphatic hydroxyl groups is 1. The third-order valence-corrected chi connectivity index (χ3v) is 4.23. The summed E-state index contributed by atoms with van der Waals surface area (Å²) in [6, 6.07) is 16.5. The van der Waals surface area contributed by atoms with Gasteiger partial charge in [-0.1, -0.05) is 36.4 Å². The summed E-state index contributed by atoms with van der Waals surface area (Å²) in [5, 5.41) is 10.1. The van der Waals surface area contributed by atoms with Crippen molar-refractivity contribution in [3.63, 3.8) is 0 Å². The van der Waals surface area contributed by atoms with Crippen molar-refractivity contribution in [2.75, 3.05) is 6.61 Å². The van der Waals surface area contributed by atoms with E-state index in [0.717, 1.165) is 6.92 Å². The lowest BCUT2D eigenvalue weighted by Crippen LogP contribution is -2.41. The van der Waals surface area contributed by atoms with Crippen LogP contribution in [0.1, 0.15) is 27.6 Å². The van der Waals surface area contributed by atoms with Crippen molar-refractivity contribution < 1.29 is 38.4 Å². The molecule has 8 heteroatoms. The van der Waals surface area contributed by atoms with Gasteiger partial charge in [-0.05, 0) is 24.3 Å². The number of carbonyl (C=O) groups excluding carboxylic acids is 3. The Kier molecular flexibility index (Phi) is 6.58. The molecule has 0 amide bonds. The molecule has 3 rings (SSSR count). The van der Waals surface area contributed by atoms with E-state index in [9.17, 15) is 19.5 Å². The number of aliphatic hydroxyl groups excluding tert-OH is 1. The Morgan fingerprint density at radius 2 is 1.41 bits per heavy atom.